The second-order valence-corrected chi connectivity index (χ2v) is 7.89. The number of rotatable bonds is 6. The number of nitrogens with zero attached hydrogens (tertiary/aromatic N) is 3. The molecule has 4 rings (SSSR count). The molecule has 0 spiro atoms. The van der Waals surface area contributed by atoms with Crippen molar-refractivity contribution in [3.63, 3.8) is 0 Å². The summed E-state index contributed by atoms with van der Waals surface area (Å²) in [6.45, 7) is 4.19. The maximum absolute atomic E-state index is 5.57. The first-order valence-electron chi connectivity index (χ1n) is 9.50. The molecule has 0 radical (unpaired) electrons. The van der Waals surface area contributed by atoms with Gasteiger partial charge in [0.1, 0.15) is 5.75 Å². The fourth-order valence-corrected chi connectivity index (χ4v) is 4.03. The molecule has 0 aliphatic rings. The van der Waals surface area contributed by atoms with Crippen LogP contribution in [0.15, 0.2) is 78.0 Å². The van der Waals surface area contributed by atoms with Crippen molar-refractivity contribution in [2.75, 3.05) is 7.11 Å². The summed E-state index contributed by atoms with van der Waals surface area (Å²) in [5.74, 6) is 2.39. The highest BCUT2D eigenvalue weighted by atomic mass is 32.2. The van der Waals surface area contributed by atoms with Gasteiger partial charge < -0.3 is 4.74 Å². The lowest BCUT2D eigenvalue weighted by Crippen LogP contribution is -2.01. The van der Waals surface area contributed by atoms with Crippen molar-refractivity contribution in [3.05, 3.63) is 89.5 Å². The summed E-state index contributed by atoms with van der Waals surface area (Å²) >= 11 is 1.68. The van der Waals surface area contributed by atoms with Gasteiger partial charge in [-0.1, -0.05) is 71.4 Å². The van der Waals surface area contributed by atoms with E-state index in [9.17, 15) is 0 Å². The summed E-state index contributed by atoms with van der Waals surface area (Å²) in [7, 11) is 1.68. The quantitative estimate of drug-likeness (QED) is 0.380. The van der Waals surface area contributed by atoms with E-state index in [4.69, 9.17) is 4.74 Å². The number of ether oxygens (including phenoxy) is 1. The summed E-state index contributed by atoms with van der Waals surface area (Å²) in [4.78, 5) is 0. The van der Waals surface area contributed by atoms with Gasteiger partial charge in [0.05, 0.1) is 12.7 Å². The molecule has 0 unspecified atom stereocenters. The predicted octanol–water partition coefficient (Wildman–Crippen LogP) is 5.85. The second-order valence-electron chi connectivity index (χ2n) is 6.95. The summed E-state index contributed by atoms with van der Waals surface area (Å²) in [5.41, 5.74) is 5.70. The molecule has 3 aromatic carbocycles. The van der Waals surface area contributed by atoms with Gasteiger partial charge in [-0.2, -0.15) is 0 Å². The maximum Gasteiger partial charge on any atom is 0.196 e. The van der Waals surface area contributed by atoms with Crippen molar-refractivity contribution in [2.24, 2.45) is 0 Å². The smallest absolute Gasteiger partial charge is 0.196 e. The van der Waals surface area contributed by atoms with Gasteiger partial charge in [-0.25, -0.2) is 0 Å². The molecule has 1 heterocycles. The average Bonchev–Trinajstić information content (AvgIpc) is 3.17. The number of hydrogen-bond acceptors (Lipinski definition) is 4. The first kappa shape index (κ1) is 19.3. The van der Waals surface area contributed by atoms with Crippen LogP contribution < -0.4 is 4.74 Å². The first-order valence-corrected chi connectivity index (χ1v) is 10.5. The van der Waals surface area contributed by atoms with E-state index in [0.717, 1.165) is 33.7 Å². The second kappa shape index (κ2) is 8.53. The molecule has 29 heavy (non-hydrogen) atoms. The topological polar surface area (TPSA) is 39.9 Å². The normalized spacial score (nSPS) is 10.9. The number of hydrogen-bond donors (Lipinski definition) is 0. The van der Waals surface area contributed by atoms with Gasteiger partial charge in [-0.3, -0.25) is 4.57 Å². The van der Waals surface area contributed by atoms with Crippen LogP contribution in [-0.4, -0.2) is 21.9 Å². The molecule has 0 amide bonds. The lowest BCUT2D eigenvalue weighted by molar-refractivity contribution is 0.416. The Balaban J connectivity index is 1.76. The zero-order valence-corrected chi connectivity index (χ0v) is 17.6. The largest absolute Gasteiger partial charge is 0.496 e. The predicted molar refractivity (Wildman–Crippen MR) is 119 cm³/mol. The van der Waals surface area contributed by atoms with Crippen LogP contribution in [0.4, 0.5) is 0 Å². The highest BCUT2D eigenvalue weighted by molar-refractivity contribution is 7.98. The summed E-state index contributed by atoms with van der Waals surface area (Å²) in [6.07, 6.45) is 0. The summed E-state index contributed by atoms with van der Waals surface area (Å²) in [5, 5.41) is 9.91. The number of thioether (sulfide) groups is 1. The van der Waals surface area contributed by atoms with Crippen molar-refractivity contribution in [1.29, 1.82) is 0 Å². The van der Waals surface area contributed by atoms with E-state index in [1.807, 2.05) is 24.3 Å². The fraction of sp³-hybridized carbons (Fsp3) is 0.167. The number of para-hydroxylation sites is 1. The van der Waals surface area contributed by atoms with Crippen molar-refractivity contribution in [2.45, 2.75) is 24.8 Å². The Morgan fingerprint density at radius 1 is 0.828 bits per heavy atom. The SMILES string of the molecule is COc1ccccc1-c1nnc(SCc2ccc(C)cc2)n1-c1ccc(C)cc1. The molecule has 0 N–H and O–H groups in total. The van der Waals surface area contributed by atoms with Crippen molar-refractivity contribution in [1.82, 2.24) is 14.8 Å². The van der Waals surface area contributed by atoms with Crippen LogP contribution in [0.3, 0.4) is 0 Å². The zero-order chi connectivity index (χ0) is 20.2. The highest BCUT2D eigenvalue weighted by Crippen LogP contribution is 2.34. The molecule has 0 aliphatic heterocycles. The van der Waals surface area contributed by atoms with Crippen molar-refractivity contribution < 1.29 is 4.74 Å². The minimum atomic E-state index is 0.776. The van der Waals surface area contributed by atoms with Crippen LogP contribution in [0, 0.1) is 13.8 Å². The Labute approximate surface area is 175 Å². The van der Waals surface area contributed by atoms with Crippen molar-refractivity contribution in [3.8, 4) is 22.8 Å². The average molecular weight is 402 g/mol. The monoisotopic (exact) mass is 401 g/mol. The molecule has 4 aromatic rings. The molecule has 146 valence electrons. The van der Waals surface area contributed by atoms with Crippen molar-refractivity contribution >= 4 is 11.8 Å². The molecule has 0 aliphatic carbocycles. The molecule has 0 saturated heterocycles. The molecule has 0 fully saturated rings. The third-order valence-electron chi connectivity index (χ3n) is 4.76. The van der Waals surface area contributed by atoms with Gasteiger partial charge in [0, 0.05) is 11.4 Å². The minimum absolute atomic E-state index is 0.776. The van der Waals surface area contributed by atoms with Gasteiger partial charge in [0.25, 0.3) is 0 Å². The molecule has 0 atom stereocenters. The van der Waals surface area contributed by atoms with Gasteiger partial charge in [0.15, 0.2) is 11.0 Å². The van der Waals surface area contributed by atoms with Crippen LogP contribution in [0.5, 0.6) is 5.75 Å². The minimum Gasteiger partial charge on any atom is -0.496 e. The molecule has 4 nitrogen and oxygen atoms in total. The van der Waals surface area contributed by atoms with Crippen LogP contribution in [0.1, 0.15) is 16.7 Å². The maximum atomic E-state index is 5.57. The van der Waals surface area contributed by atoms with E-state index in [-0.39, 0.29) is 0 Å². The van der Waals surface area contributed by atoms with E-state index in [0.29, 0.717) is 0 Å². The van der Waals surface area contributed by atoms with Crippen LogP contribution >= 0.6 is 11.8 Å². The van der Waals surface area contributed by atoms with E-state index < -0.39 is 0 Å². The van der Waals surface area contributed by atoms with E-state index in [1.54, 1.807) is 18.9 Å². The lowest BCUT2D eigenvalue weighted by atomic mass is 10.1. The fourth-order valence-electron chi connectivity index (χ4n) is 3.13. The summed E-state index contributed by atoms with van der Waals surface area (Å²) in [6, 6.07) is 24.9. The highest BCUT2D eigenvalue weighted by Gasteiger charge is 2.19. The van der Waals surface area contributed by atoms with Crippen LogP contribution in [-0.2, 0) is 5.75 Å². The van der Waals surface area contributed by atoms with E-state index >= 15 is 0 Å². The third kappa shape index (κ3) is 4.20. The summed E-state index contributed by atoms with van der Waals surface area (Å²) < 4.78 is 7.68. The standard InChI is InChI=1S/C24H23N3OS/c1-17-8-12-19(13-9-17)16-29-24-26-25-23(21-6-4-5-7-22(21)28-3)27(24)20-14-10-18(2)11-15-20/h4-15H,16H2,1-3H3. The van der Waals surface area contributed by atoms with Gasteiger partial charge in [0.2, 0.25) is 0 Å². The first-order chi connectivity index (χ1) is 14.2. The Kier molecular flexibility index (Phi) is 5.67. The van der Waals surface area contributed by atoms with Gasteiger partial charge in [-0.15, -0.1) is 10.2 Å². The van der Waals surface area contributed by atoms with Gasteiger partial charge in [-0.05, 0) is 43.7 Å². The molecule has 5 heteroatoms. The van der Waals surface area contributed by atoms with Crippen LogP contribution in [0.25, 0.3) is 17.1 Å². The number of aromatic nitrogens is 3. The molecular formula is C24H23N3OS. The molecular weight excluding hydrogens is 378 g/mol. The Morgan fingerprint density at radius 3 is 2.17 bits per heavy atom. The lowest BCUT2D eigenvalue weighted by Gasteiger charge is -2.13. The number of aryl methyl sites for hydroxylation is 2. The van der Waals surface area contributed by atoms with Gasteiger partial charge >= 0.3 is 0 Å². The van der Waals surface area contributed by atoms with E-state index in [1.165, 1.54) is 16.7 Å². The Bertz CT molecular complexity index is 1100. The zero-order valence-electron chi connectivity index (χ0n) is 16.8. The molecule has 1 aromatic heterocycles. The number of methoxy groups -OCH3 is 1. The Hall–Kier alpha value is -3.05. The van der Waals surface area contributed by atoms with Crippen LogP contribution in [0.2, 0.25) is 0 Å². The third-order valence-corrected chi connectivity index (χ3v) is 5.76. The van der Waals surface area contributed by atoms with E-state index in [2.05, 4.69) is 77.1 Å². The molecule has 0 saturated carbocycles. The number of benzene rings is 3. The molecule has 0 bridgehead atoms. The Morgan fingerprint density at radius 2 is 1.48 bits per heavy atom.